The molecular formula is C23H32N2O. The van der Waals surface area contributed by atoms with Gasteiger partial charge in [-0.3, -0.25) is 9.69 Å². The van der Waals surface area contributed by atoms with Gasteiger partial charge in [0, 0.05) is 23.1 Å². The van der Waals surface area contributed by atoms with Gasteiger partial charge in [0.2, 0.25) is 5.91 Å². The highest BCUT2D eigenvalue weighted by molar-refractivity contribution is 5.93. The molecule has 3 nitrogen and oxygen atoms in total. The molecule has 1 aromatic carbocycles. The molecule has 2 bridgehead atoms. The fourth-order valence-corrected chi connectivity index (χ4v) is 6.92. The van der Waals surface area contributed by atoms with Gasteiger partial charge >= 0.3 is 0 Å². The molecule has 3 heteroatoms. The van der Waals surface area contributed by atoms with Gasteiger partial charge in [0.1, 0.15) is 0 Å². The number of nitrogens with two attached hydrogens (primary N) is 1. The summed E-state index contributed by atoms with van der Waals surface area (Å²) in [6.07, 6.45) is 12.0. The number of rotatable bonds is 4. The zero-order chi connectivity index (χ0) is 17.9. The Hall–Kier alpha value is -1.35. The van der Waals surface area contributed by atoms with E-state index in [-0.39, 0.29) is 5.91 Å². The number of piperidine rings is 1. The van der Waals surface area contributed by atoms with Crippen LogP contribution in [0.1, 0.15) is 79.8 Å². The van der Waals surface area contributed by atoms with Crippen LogP contribution in [0.15, 0.2) is 18.2 Å². The number of carbonyl (C=O) groups excluding carboxylic acids is 1. The van der Waals surface area contributed by atoms with Crippen LogP contribution >= 0.6 is 0 Å². The summed E-state index contributed by atoms with van der Waals surface area (Å²) in [6.45, 7) is 3.64. The van der Waals surface area contributed by atoms with E-state index in [0.717, 1.165) is 17.9 Å². The first kappa shape index (κ1) is 16.8. The molecule has 4 aliphatic rings. The summed E-state index contributed by atoms with van der Waals surface area (Å²) in [6, 6.07) is 7.85. The van der Waals surface area contributed by atoms with Crippen LogP contribution in [-0.2, 0) is 11.8 Å². The lowest BCUT2D eigenvalue weighted by Crippen LogP contribution is -2.63. The van der Waals surface area contributed by atoms with Gasteiger partial charge in [-0.1, -0.05) is 25.8 Å². The minimum absolute atomic E-state index is 0.282. The average molecular weight is 353 g/mol. The van der Waals surface area contributed by atoms with Gasteiger partial charge < -0.3 is 5.73 Å². The molecule has 0 radical (unpaired) electrons. The number of likely N-dealkylation sites (tertiary alicyclic amines) is 1. The molecule has 1 aliphatic heterocycles. The van der Waals surface area contributed by atoms with E-state index in [9.17, 15) is 4.79 Å². The first-order valence-electron chi connectivity index (χ1n) is 10.8. The van der Waals surface area contributed by atoms with E-state index in [4.69, 9.17) is 5.73 Å². The van der Waals surface area contributed by atoms with Crippen LogP contribution in [0.4, 0.5) is 0 Å². The van der Waals surface area contributed by atoms with Crippen LogP contribution in [0.2, 0.25) is 0 Å². The van der Waals surface area contributed by atoms with Crippen LogP contribution in [-0.4, -0.2) is 29.4 Å². The number of fused-ring (bicyclic) bond motifs is 1. The first-order valence-corrected chi connectivity index (χ1v) is 10.8. The van der Waals surface area contributed by atoms with Gasteiger partial charge in [0.15, 0.2) is 0 Å². The number of nitrogens with zero attached hydrogens (tertiary/aromatic N) is 1. The summed E-state index contributed by atoms with van der Waals surface area (Å²) in [5.41, 5.74) is 9.60. The Morgan fingerprint density at radius 3 is 2.85 bits per heavy atom. The lowest BCUT2D eigenvalue weighted by atomic mass is 9.52. The molecule has 3 fully saturated rings. The SMILES string of the molecule is CCC(C1CC1)N1CCC23CCCCC2C1Cc1ccc(C(N)=O)cc13. The predicted molar refractivity (Wildman–Crippen MR) is 104 cm³/mol. The van der Waals surface area contributed by atoms with E-state index in [2.05, 4.69) is 24.0 Å². The van der Waals surface area contributed by atoms with Crippen molar-refractivity contribution in [2.75, 3.05) is 6.54 Å². The van der Waals surface area contributed by atoms with Gasteiger partial charge in [-0.15, -0.1) is 0 Å². The predicted octanol–water partition coefficient (Wildman–Crippen LogP) is 4.03. The molecule has 4 atom stereocenters. The van der Waals surface area contributed by atoms with Gasteiger partial charge in [-0.2, -0.15) is 0 Å². The van der Waals surface area contributed by atoms with Gasteiger partial charge in [-0.05, 0) is 86.6 Å². The molecule has 1 amide bonds. The van der Waals surface area contributed by atoms with Crippen molar-refractivity contribution in [2.45, 2.75) is 82.2 Å². The highest BCUT2D eigenvalue weighted by Crippen LogP contribution is 2.57. The van der Waals surface area contributed by atoms with E-state index < -0.39 is 0 Å². The quantitative estimate of drug-likeness (QED) is 0.889. The number of hydrogen-bond acceptors (Lipinski definition) is 2. The normalized spacial score (nSPS) is 34.7. The second kappa shape index (κ2) is 6.09. The maximum atomic E-state index is 11.8. The Morgan fingerprint density at radius 2 is 2.12 bits per heavy atom. The minimum atomic E-state index is -0.282. The van der Waals surface area contributed by atoms with Crippen LogP contribution < -0.4 is 5.73 Å². The Labute approximate surface area is 157 Å². The molecule has 2 N–H and O–H groups in total. The molecule has 0 aromatic heterocycles. The topological polar surface area (TPSA) is 46.3 Å². The Bertz CT molecular complexity index is 725. The summed E-state index contributed by atoms with van der Waals surface area (Å²) in [7, 11) is 0. The van der Waals surface area contributed by atoms with E-state index >= 15 is 0 Å². The van der Waals surface area contributed by atoms with Crippen molar-refractivity contribution < 1.29 is 4.79 Å². The minimum Gasteiger partial charge on any atom is -0.366 e. The van der Waals surface area contributed by atoms with E-state index in [1.165, 1.54) is 75.5 Å². The van der Waals surface area contributed by atoms with Crippen molar-refractivity contribution in [3.8, 4) is 0 Å². The van der Waals surface area contributed by atoms with Crippen LogP contribution in [0.5, 0.6) is 0 Å². The Balaban J connectivity index is 1.58. The highest BCUT2D eigenvalue weighted by atomic mass is 16.1. The fourth-order valence-electron chi connectivity index (χ4n) is 6.92. The summed E-state index contributed by atoms with van der Waals surface area (Å²) < 4.78 is 0. The standard InChI is InChI=1S/C23H32N2O/c1-2-20(15-6-7-15)25-12-11-23-10-4-3-5-18(23)21(25)14-16-8-9-17(22(24)26)13-19(16)23/h8-9,13,15,18,20-21H,2-7,10-12,14H2,1H3,(H2,24,26). The average Bonchev–Trinajstić information content (AvgIpc) is 3.48. The molecule has 2 saturated carbocycles. The number of hydrogen-bond donors (Lipinski definition) is 1. The highest BCUT2D eigenvalue weighted by Gasteiger charge is 2.55. The third-order valence-electron chi connectivity index (χ3n) is 8.17. The van der Waals surface area contributed by atoms with Crippen molar-refractivity contribution in [2.24, 2.45) is 17.6 Å². The van der Waals surface area contributed by atoms with Crippen molar-refractivity contribution in [1.82, 2.24) is 4.90 Å². The third kappa shape index (κ3) is 2.39. The number of primary amides is 1. The molecule has 5 rings (SSSR count). The first-order chi connectivity index (χ1) is 12.6. The molecule has 26 heavy (non-hydrogen) atoms. The number of benzene rings is 1. The molecule has 1 heterocycles. The van der Waals surface area contributed by atoms with Crippen LogP contribution in [0.25, 0.3) is 0 Å². The van der Waals surface area contributed by atoms with Crippen molar-refractivity contribution in [1.29, 1.82) is 0 Å². The van der Waals surface area contributed by atoms with E-state index in [0.29, 0.717) is 17.0 Å². The summed E-state index contributed by atoms with van der Waals surface area (Å²) >= 11 is 0. The third-order valence-corrected chi connectivity index (χ3v) is 8.17. The van der Waals surface area contributed by atoms with Gasteiger partial charge in [0.25, 0.3) is 0 Å². The summed E-state index contributed by atoms with van der Waals surface area (Å²) in [5.74, 6) is 1.44. The smallest absolute Gasteiger partial charge is 0.248 e. The second-order valence-corrected chi connectivity index (χ2v) is 9.32. The monoisotopic (exact) mass is 352 g/mol. The fraction of sp³-hybridized carbons (Fsp3) is 0.696. The van der Waals surface area contributed by atoms with Gasteiger partial charge in [0.05, 0.1) is 0 Å². The largest absolute Gasteiger partial charge is 0.366 e. The summed E-state index contributed by atoms with van der Waals surface area (Å²) in [5, 5.41) is 0. The number of carbonyl (C=O) groups is 1. The van der Waals surface area contributed by atoms with Crippen molar-refractivity contribution in [3.63, 3.8) is 0 Å². The zero-order valence-electron chi connectivity index (χ0n) is 16.0. The molecule has 1 saturated heterocycles. The molecule has 140 valence electrons. The van der Waals surface area contributed by atoms with Crippen molar-refractivity contribution >= 4 is 5.91 Å². The van der Waals surface area contributed by atoms with Crippen LogP contribution in [0, 0.1) is 11.8 Å². The zero-order valence-corrected chi connectivity index (χ0v) is 16.0. The lowest BCUT2D eigenvalue weighted by Gasteiger charge is -2.60. The van der Waals surface area contributed by atoms with E-state index in [1.54, 1.807) is 0 Å². The molecule has 1 aromatic rings. The molecule has 0 spiro atoms. The molecule has 3 aliphatic carbocycles. The lowest BCUT2D eigenvalue weighted by molar-refractivity contribution is -0.0391. The Kier molecular flexibility index (Phi) is 3.93. The second-order valence-electron chi connectivity index (χ2n) is 9.32. The Morgan fingerprint density at radius 1 is 1.27 bits per heavy atom. The molecular weight excluding hydrogens is 320 g/mol. The molecule has 4 unspecified atom stereocenters. The van der Waals surface area contributed by atoms with Crippen LogP contribution in [0.3, 0.4) is 0 Å². The summed E-state index contributed by atoms with van der Waals surface area (Å²) in [4.78, 5) is 14.7. The maximum Gasteiger partial charge on any atom is 0.248 e. The van der Waals surface area contributed by atoms with Crippen molar-refractivity contribution in [3.05, 3.63) is 34.9 Å². The number of amides is 1. The van der Waals surface area contributed by atoms with E-state index in [1.807, 2.05) is 6.07 Å². The van der Waals surface area contributed by atoms with Gasteiger partial charge in [-0.25, -0.2) is 0 Å². The maximum absolute atomic E-state index is 11.8.